The minimum atomic E-state index is 0.0288. The first-order chi connectivity index (χ1) is 24.6. The summed E-state index contributed by atoms with van der Waals surface area (Å²) in [6.45, 7) is 9.35. The van der Waals surface area contributed by atoms with Crippen molar-refractivity contribution in [3.63, 3.8) is 0 Å². The second-order valence-electron chi connectivity index (χ2n) is 14.3. The van der Waals surface area contributed by atoms with Crippen LogP contribution < -0.4 is 15.5 Å². The van der Waals surface area contributed by atoms with E-state index >= 15 is 0 Å². The highest BCUT2D eigenvalue weighted by Gasteiger charge is 2.26. The Bertz CT molecular complexity index is 1660. The third kappa shape index (κ3) is 9.82. The average Bonchev–Trinajstić information content (AvgIpc) is 3.30. The molecule has 3 aliphatic heterocycles. The number of piperazine rings is 2. The summed E-state index contributed by atoms with van der Waals surface area (Å²) in [6.07, 6.45) is 5.90. The number of nitrogens with one attached hydrogen (secondary N) is 2. The van der Waals surface area contributed by atoms with Gasteiger partial charge in [-0.15, -0.1) is 0 Å². The van der Waals surface area contributed by atoms with Crippen molar-refractivity contribution in [1.29, 1.82) is 0 Å². The fraction of sp³-hybridized carbons (Fsp3) is 0.487. The highest BCUT2D eigenvalue weighted by molar-refractivity contribution is 6.43. The fourth-order valence-corrected chi connectivity index (χ4v) is 7.86. The molecule has 274 valence electrons. The predicted molar refractivity (Wildman–Crippen MR) is 214 cm³/mol. The predicted octanol–water partition coefficient (Wildman–Crippen LogP) is 8.06. The molecule has 2 saturated heterocycles. The Morgan fingerprint density at radius 2 is 1.55 bits per heavy atom. The van der Waals surface area contributed by atoms with Gasteiger partial charge < -0.3 is 30.2 Å². The fourth-order valence-electron chi connectivity index (χ4n) is 7.28. The smallest absolute Gasteiger partial charge is 0.317 e. The second kappa shape index (κ2) is 17.5. The summed E-state index contributed by atoms with van der Waals surface area (Å²) in [5.41, 5.74) is 5.16. The Kier molecular flexibility index (Phi) is 12.9. The quantitative estimate of drug-likeness (QED) is 0.275. The van der Waals surface area contributed by atoms with Crippen LogP contribution in [0.5, 0.6) is 0 Å². The molecule has 0 atom stereocenters. The highest BCUT2D eigenvalue weighted by atomic mass is 35.5. The number of urea groups is 1. The molecule has 1 aliphatic carbocycles. The van der Waals surface area contributed by atoms with Gasteiger partial charge in [-0.1, -0.05) is 53.0 Å². The summed E-state index contributed by atoms with van der Waals surface area (Å²) in [5.74, 6) is 1.81. The summed E-state index contributed by atoms with van der Waals surface area (Å²) in [7, 11) is 5.75. The summed E-state index contributed by atoms with van der Waals surface area (Å²) in [4.78, 5) is 28.0. The number of para-hydroxylation sites is 1. The van der Waals surface area contributed by atoms with E-state index in [9.17, 15) is 4.79 Å². The van der Waals surface area contributed by atoms with Gasteiger partial charge in [0.1, 0.15) is 5.84 Å². The number of hydrogen-bond acceptors (Lipinski definition) is 7. The van der Waals surface area contributed by atoms with Crippen LogP contribution in [0.2, 0.25) is 15.1 Å². The van der Waals surface area contributed by atoms with E-state index in [2.05, 4.69) is 61.5 Å². The molecule has 2 amide bonds. The van der Waals surface area contributed by atoms with Crippen LogP contribution in [0.4, 0.5) is 27.5 Å². The molecule has 0 aromatic heterocycles. The zero-order valence-corrected chi connectivity index (χ0v) is 32.3. The first-order valence-electron chi connectivity index (χ1n) is 18.2. The van der Waals surface area contributed by atoms with Crippen molar-refractivity contribution in [3.05, 3.63) is 81.3 Å². The van der Waals surface area contributed by atoms with E-state index in [1.165, 1.54) is 19.3 Å². The standard InChI is InChI=1S/C21H32Cl2N4O.C18H19ClN4/c1-25(2)21(28)24-17-8-6-16(7-9-17)10-11-26-12-14-27(15-13-26)19-5-3-4-18(22)20(19)23;1-22-8-10-23(11-9-22)18-14-4-2-3-5-15(14)20-16-7-6-13(19)12-17(16)21-18/h3-5,16-17H,6-15H2,1-2H3,(H,24,28);2-7,12,20H,8-11H2,1H3/t16-,17-;. The molecular formula is C39H51Cl3N8O. The number of carbonyl (C=O) groups is 1. The van der Waals surface area contributed by atoms with Crippen molar-refractivity contribution in [3.8, 4) is 0 Å². The summed E-state index contributed by atoms with van der Waals surface area (Å²) < 4.78 is 0. The number of halogens is 3. The first-order valence-corrected chi connectivity index (χ1v) is 19.4. The van der Waals surface area contributed by atoms with Gasteiger partial charge in [-0.25, -0.2) is 9.79 Å². The molecule has 3 aromatic carbocycles. The van der Waals surface area contributed by atoms with Crippen molar-refractivity contribution in [2.45, 2.75) is 38.1 Å². The summed E-state index contributed by atoms with van der Waals surface area (Å²) >= 11 is 18.7. The number of benzene rings is 3. The third-order valence-corrected chi connectivity index (χ3v) is 11.5. The topological polar surface area (TPSA) is 69.7 Å². The van der Waals surface area contributed by atoms with Crippen LogP contribution in [0, 0.1) is 5.92 Å². The number of anilines is 3. The highest BCUT2D eigenvalue weighted by Crippen LogP contribution is 2.37. The van der Waals surface area contributed by atoms with Crippen molar-refractivity contribution in [2.75, 3.05) is 90.3 Å². The normalized spacial score (nSPS) is 20.9. The van der Waals surface area contributed by atoms with Gasteiger partial charge in [0.05, 0.1) is 27.1 Å². The number of fused-ring (bicyclic) bond motifs is 2. The lowest BCUT2D eigenvalue weighted by atomic mass is 9.84. The van der Waals surface area contributed by atoms with Crippen molar-refractivity contribution < 1.29 is 4.79 Å². The lowest BCUT2D eigenvalue weighted by molar-refractivity contribution is 0.194. The molecular weight excluding hydrogens is 703 g/mol. The van der Waals surface area contributed by atoms with Gasteiger partial charge in [0.15, 0.2) is 0 Å². The molecule has 9 nitrogen and oxygen atoms in total. The summed E-state index contributed by atoms with van der Waals surface area (Å²) in [6, 6.07) is 20.4. The number of hydrogen-bond donors (Lipinski definition) is 2. The van der Waals surface area contributed by atoms with Crippen molar-refractivity contribution in [2.24, 2.45) is 10.9 Å². The van der Waals surface area contributed by atoms with Gasteiger partial charge in [0, 0.05) is 88.8 Å². The molecule has 1 saturated carbocycles. The molecule has 4 aliphatic rings. The zero-order chi connectivity index (χ0) is 35.9. The van der Waals surface area contributed by atoms with Crippen LogP contribution in [0.3, 0.4) is 0 Å². The van der Waals surface area contributed by atoms with E-state index in [1.807, 2.05) is 36.4 Å². The monoisotopic (exact) mass is 752 g/mol. The lowest BCUT2D eigenvalue weighted by Crippen LogP contribution is -2.47. The second-order valence-corrected chi connectivity index (χ2v) is 15.5. The molecule has 3 heterocycles. The molecule has 2 N–H and O–H groups in total. The molecule has 51 heavy (non-hydrogen) atoms. The molecule has 12 heteroatoms. The Balaban J connectivity index is 0.000000179. The van der Waals surface area contributed by atoms with Crippen LogP contribution in [-0.4, -0.2) is 118 Å². The molecule has 3 aromatic rings. The van der Waals surface area contributed by atoms with Gasteiger partial charge in [0.2, 0.25) is 0 Å². The van der Waals surface area contributed by atoms with E-state index in [4.69, 9.17) is 39.8 Å². The number of amides is 2. The van der Waals surface area contributed by atoms with E-state index in [0.29, 0.717) is 21.1 Å². The van der Waals surface area contributed by atoms with Gasteiger partial charge in [0.25, 0.3) is 0 Å². The number of likely N-dealkylation sites (N-methyl/N-ethyl adjacent to an activating group) is 1. The number of aliphatic imine (C=N–C) groups is 1. The zero-order valence-electron chi connectivity index (χ0n) is 30.1. The minimum Gasteiger partial charge on any atom is -0.368 e. The maximum atomic E-state index is 11.8. The number of carbonyl (C=O) groups excluding carboxylic acids is 1. The maximum absolute atomic E-state index is 11.8. The van der Waals surface area contributed by atoms with Crippen LogP contribution in [-0.2, 0) is 0 Å². The molecule has 7 rings (SSSR count). The molecule has 0 unspecified atom stereocenters. The van der Waals surface area contributed by atoms with E-state index in [0.717, 1.165) is 112 Å². The van der Waals surface area contributed by atoms with Gasteiger partial charge >= 0.3 is 6.03 Å². The number of rotatable bonds is 5. The van der Waals surface area contributed by atoms with E-state index in [1.54, 1.807) is 19.0 Å². The minimum absolute atomic E-state index is 0.0288. The van der Waals surface area contributed by atoms with Gasteiger partial charge in [-0.2, -0.15) is 0 Å². The van der Waals surface area contributed by atoms with Crippen LogP contribution >= 0.6 is 34.8 Å². The number of amidine groups is 1. The van der Waals surface area contributed by atoms with Crippen molar-refractivity contribution >= 4 is 69.4 Å². The van der Waals surface area contributed by atoms with Crippen LogP contribution in [0.25, 0.3) is 0 Å². The van der Waals surface area contributed by atoms with Crippen LogP contribution in [0.15, 0.2) is 65.7 Å². The van der Waals surface area contributed by atoms with Gasteiger partial charge in [-0.3, -0.25) is 4.90 Å². The Morgan fingerprint density at radius 1 is 0.843 bits per heavy atom. The molecule has 0 radical (unpaired) electrons. The molecule has 0 bridgehead atoms. The molecule has 0 spiro atoms. The Morgan fingerprint density at radius 3 is 2.27 bits per heavy atom. The number of nitrogens with zero attached hydrogens (tertiary/aromatic N) is 6. The third-order valence-electron chi connectivity index (χ3n) is 10.5. The van der Waals surface area contributed by atoms with E-state index in [-0.39, 0.29) is 6.03 Å². The van der Waals surface area contributed by atoms with E-state index < -0.39 is 0 Å². The summed E-state index contributed by atoms with van der Waals surface area (Å²) in [5, 5.41) is 8.62. The average molecular weight is 754 g/mol. The van der Waals surface area contributed by atoms with Crippen molar-refractivity contribution in [1.82, 2.24) is 24.9 Å². The SMILES string of the molecule is CN(C)C(=O)N[C@H]1CC[C@H](CCN2CCN(c3cccc(Cl)c3Cl)CC2)CC1.CN1CCN(C2=Nc3cc(Cl)ccc3Nc3ccccc32)CC1. The largest absolute Gasteiger partial charge is 0.368 e. The van der Waals surface area contributed by atoms with Gasteiger partial charge in [-0.05, 0) is 94.1 Å². The Labute approximate surface area is 318 Å². The van der Waals surface area contributed by atoms with Crippen LogP contribution in [0.1, 0.15) is 37.7 Å². The molecule has 3 fully saturated rings. The first kappa shape index (κ1) is 37.5. The Hall–Kier alpha value is -3.21. The lowest BCUT2D eigenvalue weighted by Gasteiger charge is -2.37. The maximum Gasteiger partial charge on any atom is 0.317 e.